The van der Waals surface area contributed by atoms with E-state index in [9.17, 15) is 5.11 Å². The Labute approximate surface area is 129 Å². The summed E-state index contributed by atoms with van der Waals surface area (Å²) in [7, 11) is 0. The van der Waals surface area contributed by atoms with Gasteiger partial charge >= 0.3 is 0 Å². The van der Waals surface area contributed by atoms with Crippen LogP contribution >= 0.6 is 0 Å². The van der Waals surface area contributed by atoms with E-state index >= 15 is 0 Å². The minimum atomic E-state index is -1.05. The maximum absolute atomic E-state index is 9.47. The van der Waals surface area contributed by atoms with Crippen molar-refractivity contribution in [2.45, 2.75) is 70.9 Å². The SMILES string of the molecule is CCCCCCCOc1ccc(CCCC(C)(N)O)cc1. The van der Waals surface area contributed by atoms with E-state index in [2.05, 4.69) is 19.1 Å². The van der Waals surface area contributed by atoms with Crippen LogP contribution in [0.4, 0.5) is 0 Å². The highest BCUT2D eigenvalue weighted by atomic mass is 16.5. The lowest BCUT2D eigenvalue weighted by atomic mass is 10.0. The summed E-state index contributed by atoms with van der Waals surface area (Å²) in [6.07, 6.45) is 8.74. The van der Waals surface area contributed by atoms with Gasteiger partial charge in [0.1, 0.15) is 11.5 Å². The molecule has 0 amide bonds. The summed E-state index contributed by atoms with van der Waals surface area (Å²) in [4.78, 5) is 0. The van der Waals surface area contributed by atoms with Crippen molar-refractivity contribution in [3.63, 3.8) is 0 Å². The number of rotatable bonds is 11. The monoisotopic (exact) mass is 293 g/mol. The third-order valence-electron chi connectivity index (χ3n) is 3.59. The van der Waals surface area contributed by atoms with Gasteiger partial charge < -0.3 is 15.6 Å². The van der Waals surface area contributed by atoms with Crippen LogP contribution in [0, 0.1) is 0 Å². The van der Waals surface area contributed by atoms with Gasteiger partial charge in [0.25, 0.3) is 0 Å². The summed E-state index contributed by atoms with van der Waals surface area (Å²) in [5, 5.41) is 9.47. The van der Waals surface area contributed by atoms with E-state index in [1.54, 1.807) is 6.92 Å². The normalized spacial score (nSPS) is 13.9. The molecule has 1 aromatic carbocycles. The zero-order chi connectivity index (χ0) is 15.6. The Bertz CT molecular complexity index is 368. The van der Waals surface area contributed by atoms with Crippen molar-refractivity contribution in [1.29, 1.82) is 0 Å². The number of unbranched alkanes of at least 4 members (excludes halogenated alkanes) is 4. The van der Waals surface area contributed by atoms with Gasteiger partial charge in [-0.15, -0.1) is 0 Å². The predicted octanol–water partition coefficient (Wildman–Crippen LogP) is 4.03. The second-order valence-corrected chi connectivity index (χ2v) is 6.12. The molecule has 0 heterocycles. The van der Waals surface area contributed by atoms with Crippen LogP contribution in [-0.4, -0.2) is 17.4 Å². The van der Waals surface area contributed by atoms with Crippen molar-refractivity contribution in [2.75, 3.05) is 6.61 Å². The molecule has 0 fully saturated rings. The molecule has 1 rings (SSSR count). The van der Waals surface area contributed by atoms with Gasteiger partial charge in [0, 0.05) is 0 Å². The molecule has 0 aliphatic rings. The lowest BCUT2D eigenvalue weighted by Gasteiger charge is -2.16. The van der Waals surface area contributed by atoms with Gasteiger partial charge in [-0.1, -0.05) is 44.7 Å². The number of ether oxygens (including phenoxy) is 1. The quantitative estimate of drug-likeness (QED) is 0.478. The third-order valence-corrected chi connectivity index (χ3v) is 3.59. The van der Waals surface area contributed by atoms with Gasteiger partial charge in [0.15, 0.2) is 0 Å². The third kappa shape index (κ3) is 9.48. The molecule has 1 unspecified atom stereocenters. The molecule has 0 aliphatic heterocycles. The van der Waals surface area contributed by atoms with Crippen molar-refractivity contribution >= 4 is 0 Å². The smallest absolute Gasteiger partial charge is 0.119 e. The molecule has 21 heavy (non-hydrogen) atoms. The first-order valence-electron chi connectivity index (χ1n) is 8.24. The maximum atomic E-state index is 9.47. The minimum absolute atomic E-state index is 0.614. The molecule has 3 heteroatoms. The number of nitrogens with two attached hydrogens (primary N) is 1. The first-order valence-corrected chi connectivity index (χ1v) is 8.24. The molecule has 0 aromatic heterocycles. The fourth-order valence-corrected chi connectivity index (χ4v) is 2.30. The van der Waals surface area contributed by atoms with Gasteiger partial charge in [-0.2, -0.15) is 0 Å². The van der Waals surface area contributed by atoms with Crippen molar-refractivity contribution in [3.8, 4) is 5.75 Å². The van der Waals surface area contributed by atoms with Crippen molar-refractivity contribution in [1.82, 2.24) is 0 Å². The highest BCUT2D eigenvalue weighted by Crippen LogP contribution is 2.16. The first-order chi connectivity index (χ1) is 10.0. The van der Waals surface area contributed by atoms with E-state index in [1.165, 1.54) is 31.2 Å². The van der Waals surface area contributed by atoms with E-state index in [-0.39, 0.29) is 0 Å². The summed E-state index contributed by atoms with van der Waals surface area (Å²) >= 11 is 0. The molecule has 120 valence electrons. The van der Waals surface area contributed by atoms with Crippen LogP contribution < -0.4 is 10.5 Å². The lowest BCUT2D eigenvalue weighted by Crippen LogP contribution is -2.35. The van der Waals surface area contributed by atoms with Crippen LogP contribution in [0.1, 0.15) is 64.4 Å². The van der Waals surface area contributed by atoms with Crippen LogP contribution in [0.2, 0.25) is 0 Å². The zero-order valence-corrected chi connectivity index (χ0v) is 13.6. The molecule has 0 aliphatic carbocycles. The van der Waals surface area contributed by atoms with Crippen LogP contribution in [0.15, 0.2) is 24.3 Å². The molecular weight excluding hydrogens is 262 g/mol. The van der Waals surface area contributed by atoms with Crippen molar-refractivity contribution in [2.24, 2.45) is 5.73 Å². The summed E-state index contributed by atoms with van der Waals surface area (Å²) in [5.41, 5.74) is 5.76. The number of aryl methyl sites for hydroxylation is 1. The van der Waals surface area contributed by atoms with Crippen LogP contribution in [0.25, 0.3) is 0 Å². The first kappa shape index (κ1) is 18.0. The van der Waals surface area contributed by atoms with E-state index in [0.29, 0.717) is 6.42 Å². The predicted molar refractivity (Wildman–Crippen MR) is 88.4 cm³/mol. The maximum Gasteiger partial charge on any atom is 0.119 e. The molecule has 1 atom stereocenters. The molecule has 3 nitrogen and oxygen atoms in total. The van der Waals surface area contributed by atoms with Gasteiger partial charge in [-0.05, 0) is 50.3 Å². The lowest BCUT2D eigenvalue weighted by molar-refractivity contribution is 0.0559. The van der Waals surface area contributed by atoms with E-state index in [4.69, 9.17) is 10.5 Å². The molecule has 1 aromatic rings. The topological polar surface area (TPSA) is 55.5 Å². The Kier molecular flexibility index (Phi) is 8.40. The Morgan fingerprint density at radius 1 is 1.05 bits per heavy atom. The molecule has 3 N–H and O–H groups in total. The molecule has 0 radical (unpaired) electrons. The number of benzene rings is 1. The van der Waals surface area contributed by atoms with E-state index in [0.717, 1.165) is 31.6 Å². The average molecular weight is 293 g/mol. The summed E-state index contributed by atoms with van der Waals surface area (Å²) in [6, 6.07) is 8.25. The van der Waals surface area contributed by atoms with Gasteiger partial charge in [0.05, 0.1) is 6.61 Å². The van der Waals surface area contributed by atoms with E-state index < -0.39 is 5.72 Å². The second-order valence-electron chi connectivity index (χ2n) is 6.12. The average Bonchev–Trinajstić information content (AvgIpc) is 2.43. The Balaban J connectivity index is 2.18. The van der Waals surface area contributed by atoms with Gasteiger partial charge in [-0.3, -0.25) is 0 Å². The minimum Gasteiger partial charge on any atom is -0.494 e. The van der Waals surface area contributed by atoms with E-state index in [1.807, 2.05) is 12.1 Å². The molecular formula is C18H31NO2. The zero-order valence-electron chi connectivity index (χ0n) is 13.6. The highest BCUT2D eigenvalue weighted by Gasteiger charge is 2.11. The number of aliphatic hydroxyl groups is 1. The highest BCUT2D eigenvalue weighted by molar-refractivity contribution is 5.27. The van der Waals surface area contributed by atoms with Crippen LogP contribution in [0.5, 0.6) is 5.75 Å². The fourth-order valence-electron chi connectivity index (χ4n) is 2.30. The number of hydrogen-bond acceptors (Lipinski definition) is 3. The Morgan fingerprint density at radius 2 is 1.71 bits per heavy atom. The Hall–Kier alpha value is -1.06. The second kappa shape index (κ2) is 9.80. The van der Waals surface area contributed by atoms with Gasteiger partial charge in [-0.25, -0.2) is 0 Å². The van der Waals surface area contributed by atoms with Crippen molar-refractivity contribution < 1.29 is 9.84 Å². The van der Waals surface area contributed by atoms with Crippen LogP contribution in [-0.2, 0) is 6.42 Å². The summed E-state index contributed by atoms with van der Waals surface area (Å²) in [6.45, 7) is 4.68. The molecule has 0 spiro atoms. The molecule has 0 saturated heterocycles. The summed E-state index contributed by atoms with van der Waals surface area (Å²) in [5.74, 6) is 0.945. The molecule has 0 saturated carbocycles. The largest absolute Gasteiger partial charge is 0.494 e. The fraction of sp³-hybridized carbons (Fsp3) is 0.667. The Morgan fingerprint density at radius 3 is 2.33 bits per heavy atom. The van der Waals surface area contributed by atoms with Crippen LogP contribution in [0.3, 0.4) is 0 Å². The summed E-state index contributed by atoms with van der Waals surface area (Å²) < 4.78 is 5.74. The number of hydrogen-bond donors (Lipinski definition) is 2. The standard InChI is InChI=1S/C18H31NO2/c1-3-4-5-6-7-15-21-17-12-10-16(11-13-17)9-8-14-18(2,19)20/h10-13,20H,3-9,14-15,19H2,1-2H3. The molecule has 0 bridgehead atoms. The van der Waals surface area contributed by atoms with Crippen molar-refractivity contribution in [3.05, 3.63) is 29.8 Å². The van der Waals surface area contributed by atoms with Gasteiger partial charge in [0.2, 0.25) is 0 Å².